The molecule has 1 amide bonds. The number of ether oxygens (including phenoxy) is 3. The van der Waals surface area contributed by atoms with Crippen molar-refractivity contribution in [1.29, 1.82) is 0 Å². The number of hydrogen-bond acceptors (Lipinski definition) is 5. The summed E-state index contributed by atoms with van der Waals surface area (Å²) < 4.78 is 30.3. The summed E-state index contributed by atoms with van der Waals surface area (Å²) in [5.74, 6) is 0.728. The molecule has 6 nitrogen and oxygen atoms in total. The third-order valence-electron chi connectivity index (χ3n) is 4.25. The van der Waals surface area contributed by atoms with E-state index < -0.39 is 5.95 Å². The molecule has 1 aromatic heterocycles. The van der Waals surface area contributed by atoms with Crippen LogP contribution >= 0.6 is 0 Å². The van der Waals surface area contributed by atoms with Crippen LogP contribution < -0.4 is 19.1 Å². The number of rotatable bonds is 7. The van der Waals surface area contributed by atoms with E-state index in [1.807, 2.05) is 6.07 Å². The molecule has 0 N–H and O–H groups in total. The van der Waals surface area contributed by atoms with Crippen LogP contribution in [-0.2, 0) is 11.3 Å². The first-order chi connectivity index (χ1) is 14.0. The fourth-order valence-corrected chi connectivity index (χ4v) is 2.83. The minimum atomic E-state index is -0.706. The number of hydrogen-bond donors (Lipinski definition) is 0. The average molecular weight is 396 g/mol. The van der Waals surface area contributed by atoms with Gasteiger partial charge in [0.1, 0.15) is 22.9 Å². The quantitative estimate of drug-likeness (QED) is 0.547. The van der Waals surface area contributed by atoms with Gasteiger partial charge in [-0.2, -0.15) is 9.37 Å². The molecule has 7 heteroatoms. The average Bonchev–Trinajstić information content (AvgIpc) is 2.73. The lowest BCUT2D eigenvalue weighted by atomic mass is 10.1. The van der Waals surface area contributed by atoms with Crippen molar-refractivity contribution in [3.05, 3.63) is 72.2 Å². The van der Waals surface area contributed by atoms with E-state index in [1.54, 1.807) is 56.7 Å². The largest absolute Gasteiger partial charge is 0.497 e. The summed E-state index contributed by atoms with van der Waals surface area (Å²) in [6.45, 7) is 1.58. The van der Waals surface area contributed by atoms with Gasteiger partial charge in [0.2, 0.25) is 17.7 Å². The van der Waals surface area contributed by atoms with Crippen molar-refractivity contribution in [2.75, 3.05) is 19.1 Å². The summed E-state index contributed by atoms with van der Waals surface area (Å²) in [6.07, 6.45) is 0. The van der Waals surface area contributed by atoms with Crippen LogP contribution in [0.5, 0.6) is 23.1 Å². The molecule has 3 aromatic rings. The van der Waals surface area contributed by atoms with Crippen LogP contribution in [0, 0.1) is 5.95 Å². The molecule has 3 rings (SSSR count). The molecule has 0 saturated heterocycles. The third kappa shape index (κ3) is 4.82. The van der Waals surface area contributed by atoms with E-state index in [0.717, 1.165) is 5.56 Å². The molecule has 0 aliphatic heterocycles. The molecule has 0 aliphatic carbocycles. The highest BCUT2D eigenvalue weighted by atomic mass is 19.1. The van der Waals surface area contributed by atoms with Crippen molar-refractivity contribution >= 4 is 11.6 Å². The number of para-hydroxylation sites is 1. The maximum Gasteiger partial charge on any atom is 0.246 e. The zero-order valence-electron chi connectivity index (χ0n) is 16.4. The van der Waals surface area contributed by atoms with E-state index in [-0.39, 0.29) is 18.3 Å². The van der Waals surface area contributed by atoms with E-state index in [0.29, 0.717) is 22.9 Å². The normalized spacial score (nSPS) is 10.3. The van der Waals surface area contributed by atoms with Gasteiger partial charge in [0.25, 0.3) is 0 Å². The number of halogens is 1. The minimum Gasteiger partial charge on any atom is -0.497 e. The van der Waals surface area contributed by atoms with Crippen molar-refractivity contribution in [1.82, 2.24) is 4.98 Å². The molecular formula is C22H21FN2O4. The van der Waals surface area contributed by atoms with Gasteiger partial charge in [0.15, 0.2) is 0 Å². The van der Waals surface area contributed by atoms with Gasteiger partial charge < -0.3 is 19.1 Å². The molecule has 0 fully saturated rings. The molecule has 2 aromatic carbocycles. The van der Waals surface area contributed by atoms with Crippen LogP contribution in [0.4, 0.5) is 10.1 Å². The second-order valence-corrected chi connectivity index (χ2v) is 6.16. The Labute approximate surface area is 168 Å². The SMILES string of the molecule is COc1ccc(OC)c(CN(C(C)=O)c2ccc(F)nc2Oc2ccccc2)c1. The molecule has 0 saturated carbocycles. The smallest absolute Gasteiger partial charge is 0.246 e. The summed E-state index contributed by atoms with van der Waals surface area (Å²) >= 11 is 0. The van der Waals surface area contributed by atoms with E-state index in [9.17, 15) is 9.18 Å². The molecule has 0 atom stereocenters. The Balaban J connectivity index is 2.01. The maximum absolute atomic E-state index is 13.8. The van der Waals surface area contributed by atoms with Crippen LogP contribution in [0.25, 0.3) is 0 Å². The number of pyridine rings is 1. The van der Waals surface area contributed by atoms with Crippen LogP contribution in [0.3, 0.4) is 0 Å². The van der Waals surface area contributed by atoms with Crippen molar-refractivity contribution < 1.29 is 23.4 Å². The Morgan fingerprint density at radius 3 is 2.41 bits per heavy atom. The Kier molecular flexibility index (Phi) is 6.29. The Hall–Kier alpha value is -3.61. The molecule has 0 radical (unpaired) electrons. The Morgan fingerprint density at radius 2 is 1.76 bits per heavy atom. The second kappa shape index (κ2) is 9.05. The number of nitrogens with zero attached hydrogens (tertiary/aromatic N) is 2. The topological polar surface area (TPSA) is 60.9 Å². The zero-order valence-corrected chi connectivity index (χ0v) is 16.4. The molecule has 0 aliphatic rings. The van der Waals surface area contributed by atoms with Crippen LogP contribution in [0.1, 0.15) is 12.5 Å². The summed E-state index contributed by atoms with van der Waals surface area (Å²) in [7, 11) is 3.11. The van der Waals surface area contributed by atoms with Crippen molar-refractivity contribution in [2.45, 2.75) is 13.5 Å². The number of anilines is 1. The van der Waals surface area contributed by atoms with Crippen LogP contribution in [0.2, 0.25) is 0 Å². The monoisotopic (exact) mass is 396 g/mol. The van der Waals surface area contributed by atoms with Gasteiger partial charge in [0.05, 0.1) is 20.8 Å². The van der Waals surface area contributed by atoms with E-state index in [1.165, 1.54) is 24.0 Å². The fourth-order valence-electron chi connectivity index (χ4n) is 2.83. The number of methoxy groups -OCH3 is 2. The number of carbonyl (C=O) groups is 1. The molecule has 1 heterocycles. The Bertz CT molecular complexity index is 995. The number of aromatic nitrogens is 1. The first kappa shape index (κ1) is 20.1. The van der Waals surface area contributed by atoms with Gasteiger partial charge >= 0.3 is 0 Å². The summed E-state index contributed by atoms with van der Waals surface area (Å²) in [6, 6.07) is 16.8. The first-order valence-corrected chi connectivity index (χ1v) is 8.90. The number of amides is 1. The molecule has 0 bridgehead atoms. The highest BCUT2D eigenvalue weighted by molar-refractivity contribution is 5.92. The zero-order chi connectivity index (χ0) is 20.8. The highest BCUT2D eigenvalue weighted by Crippen LogP contribution is 2.33. The molecule has 0 unspecified atom stereocenters. The van der Waals surface area contributed by atoms with Gasteiger partial charge in [0, 0.05) is 12.5 Å². The van der Waals surface area contributed by atoms with Crippen molar-refractivity contribution in [3.8, 4) is 23.1 Å². The van der Waals surface area contributed by atoms with E-state index in [4.69, 9.17) is 14.2 Å². The summed E-state index contributed by atoms with van der Waals surface area (Å²) in [5.41, 5.74) is 1.06. The lowest BCUT2D eigenvalue weighted by Gasteiger charge is -2.24. The van der Waals surface area contributed by atoms with Gasteiger partial charge in [-0.15, -0.1) is 0 Å². The molecule has 0 spiro atoms. The van der Waals surface area contributed by atoms with Crippen LogP contribution in [-0.4, -0.2) is 25.1 Å². The maximum atomic E-state index is 13.8. The third-order valence-corrected chi connectivity index (χ3v) is 4.25. The first-order valence-electron chi connectivity index (χ1n) is 8.90. The summed E-state index contributed by atoms with van der Waals surface area (Å²) in [5, 5.41) is 0. The van der Waals surface area contributed by atoms with Gasteiger partial charge in [-0.25, -0.2) is 0 Å². The van der Waals surface area contributed by atoms with Crippen molar-refractivity contribution in [3.63, 3.8) is 0 Å². The van der Waals surface area contributed by atoms with Gasteiger partial charge in [-0.05, 0) is 42.5 Å². The standard InChI is InChI=1S/C22H21FN2O4/c1-15(26)25(14-16-13-18(27-2)9-11-20(16)28-3)19-10-12-21(23)24-22(19)29-17-7-5-4-6-8-17/h4-13H,14H2,1-3H3. The number of benzene rings is 2. The van der Waals surface area contributed by atoms with Gasteiger partial charge in [-0.1, -0.05) is 18.2 Å². The summed E-state index contributed by atoms with van der Waals surface area (Å²) in [4.78, 5) is 17.8. The van der Waals surface area contributed by atoms with Crippen molar-refractivity contribution in [2.24, 2.45) is 0 Å². The number of carbonyl (C=O) groups excluding carboxylic acids is 1. The van der Waals surface area contributed by atoms with E-state index >= 15 is 0 Å². The van der Waals surface area contributed by atoms with E-state index in [2.05, 4.69) is 4.98 Å². The highest BCUT2D eigenvalue weighted by Gasteiger charge is 2.21. The second-order valence-electron chi connectivity index (χ2n) is 6.16. The molecule has 29 heavy (non-hydrogen) atoms. The van der Waals surface area contributed by atoms with Gasteiger partial charge in [-0.3, -0.25) is 4.79 Å². The Morgan fingerprint density at radius 1 is 1.00 bits per heavy atom. The lowest BCUT2D eigenvalue weighted by Crippen LogP contribution is -2.28. The predicted molar refractivity (Wildman–Crippen MR) is 107 cm³/mol. The molecule has 150 valence electrons. The minimum absolute atomic E-state index is 0.00624. The fraction of sp³-hybridized carbons (Fsp3) is 0.182. The lowest BCUT2D eigenvalue weighted by molar-refractivity contribution is -0.116. The molecular weight excluding hydrogens is 375 g/mol. The van der Waals surface area contributed by atoms with Crippen LogP contribution in [0.15, 0.2) is 60.7 Å². The predicted octanol–water partition coefficient (Wildman–Crippen LogP) is 4.58.